The van der Waals surface area contributed by atoms with Gasteiger partial charge in [-0.15, -0.1) is 0 Å². The standard InChI is InChI=1S/C14H25NO3/c1-3-5-6-7-8-12(16)15-10-9-14(4-2,11-15)13(17)18/h3-11H2,1-2H3,(H,17,18). The molecule has 1 aliphatic rings. The third-order valence-corrected chi connectivity index (χ3v) is 4.08. The molecule has 0 spiro atoms. The van der Waals surface area contributed by atoms with Crippen LogP contribution in [-0.4, -0.2) is 35.0 Å². The summed E-state index contributed by atoms with van der Waals surface area (Å²) in [7, 11) is 0. The van der Waals surface area contributed by atoms with E-state index in [1.54, 1.807) is 4.90 Å². The zero-order valence-electron chi connectivity index (χ0n) is 11.6. The van der Waals surface area contributed by atoms with Gasteiger partial charge in [-0.2, -0.15) is 0 Å². The minimum atomic E-state index is -0.758. The maximum Gasteiger partial charge on any atom is 0.311 e. The Morgan fingerprint density at radius 3 is 2.44 bits per heavy atom. The van der Waals surface area contributed by atoms with Crippen molar-refractivity contribution in [3.05, 3.63) is 0 Å². The van der Waals surface area contributed by atoms with Crippen LogP contribution in [0.25, 0.3) is 0 Å². The molecule has 1 saturated heterocycles. The maximum atomic E-state index is 12.0. The fourth-order valence-corrected chi connectivity index (χ4v) is 2.56. The first-order chi connectivity index (χ1) is 8.55. The molecule has 1 atom stereocenters. The van der Waals surface area contributed by atoms with Gasteiger partial charge in [0.1, 0.15) is 0 Å². The normalized spacial score (nSPS) is 23.3. The molecule has 1 heterocycles. The summed E-state index contributed by atoms with van der Waals surface area (Å²) in [6.45, 7) is 5.03. The van der Waals surface area contributed by atoms with Crippen molar-refractivity contribution in [3.8, 4) is 0 Å². The fraction of sp³-hybridized carbons (Fsp3) is 0.857. The van der Waals surface area contributed by atoms with Crippen molar-refractivity contribution in [2.24, 2.45) is 5.41 Å². The highest BCUT2D eigenvalue weighted by atomic mass is 16.4. The van der Waals surface area contributed by atoms with Gasteiger partial charge in [-0.3, -0.25) is 9.59 Å². The van der Waals surface area contributed by atoms with Gasteiger partial charge in [-0.05, 0) is 19.3 Å². The summed E-state index contributed by atoms with van der Waals surface area (Å²) < 4.78 is 0. The van der Waals surface area contributed by atoms with Crippen LogP contribution in [0.15, 0.2) is 0 Å². The largest absolute Gasteiger partial charge is 0.481 e. The highest BCUT2D eigenvalue weighted by molar-refractivity contribution is 5.80. The molecule has 1 N–H and O–H groups in total. The summed E-state index contributed by atoms with van der Waals surface area (Å²) in [4.78, 5) is 25.0. The number of carboxylic acids is 1. The van der Waals surface area contributed by atoms with Gasteiger partial charge in [-0.25, -0.2) is 0 Å². The first-order valence-electron chi connectivity index (χ1n) is 7.07. The molecule has 0 radical (unpaired) electrons. The van der Waals surface area contributed by atoms with Crippen LogP contribution >= 0.6 is 0 Å². The molecule has 1 rings (SSSR count). The quantitative estimate of drug-likeness (QED) is 0.711. The van der Waals surface area contributed by atoms with Gasteiger partial charge in [0.05, 0.1) is 5.41 Å². The Morgan fingerprint density at radius 2 is 1.94 bits per heavy atom. The summed E-state index contributed by atoms with van der Waals surface area (Å²) in [5.41, 5.74) is -0.695. The number of nitrogens with zero attached hydrogens (tertiary/aromatic N) is 1. The molecular weight excluding hydrogens is 230 g/mol. The third kappa shape index (κ3) is 3.47. The van der Waals surface area contributed by atoms with E-state index in [0.29, 0.717) is 32.4 Å². The zero-order chi connectivity index (χ0) is 13.6. The molecule has 1 amide bonds. The summed E-state index contributed by atoms with van der Waals surface area (Å²) in [6, 6.07) is 0. The molecule has 104 valence electrons. The summed E-state index contributed by atoms with van der Waals surface area (Å²) in [6.07, 6.45) is 6.11. The second-order valence-corrected chi connectivity index (χ2v) is 5.31. The van der Waals surface area contributed by atoms with Crippen LogP contribution < -0.4 is 0 Å². The Kier molecular flexibility index (Phi) is 5.63. The molecule has 4 nitrogen and oxygen atoms in total. The number of hydrogen-bond donors (Lipinski definition) is 1. The second kappa shape index (κ2) is 6.76. The van der Waals surface area contributed by atoms with Gasteiger partial charge in [0.25, 0.3) is 0 Å². The van der Waals surface area contributed by atoms with Crippen molar-refractivity contribution in [1.29, 1.82) is 0 Å². The Morgan fingerprint density at radius 1 is 1.22 bits per heavy atom. The van der Waals surface area contributed by atoms with Gasteiger partial charge in [0.15, 0.2) is 0 Å². The van der Waals surface area contributed by atoms with E-state index >= 15 is 0 Å². The number of carbonyl (C=O) groups is 2. The summed E-state index contributed by atoms with van der Waals surface area (Å²) in [5, 5.41) is 9.27. The van der Waals surface area contributed by atoms with E-state index in [1.807, 2.05) is 6.92 Å². The lowest BCUT2D eigenvalue weighted by molar-refractivity contribution is -0.148. The fourth-order valence-electron chi connectivity index (χ4n) is 2.56. The van der Waals surface area contributed by atoms with E-state index in [2.05, 4.69) is 6.92 Å². The van der Waals surface area contributed by atoms with E-state index in [1.165, 1.54) is 6.42 Å². The zero-order valence-corrected chi connectivity index (χ0v) is 11.6. The molecule has 0 aliphatic carbocycles. The first kappa shape index (κ1) is 15.0. The van der Waals surface area contributed by atoms with Crippen molar-refractivity contribution in [3.63, 3.8) is 0 Å². The van der Waals surface area contributed by atoms with E-state index in [-0.39, 0.29) is 5.91 Å². The predicted molar refractivity (Wildman–Crippen MR) is 70.3 cm³/mol. The number of likely N-dealkylation sites (tertiary alicyclic amines) is 1. The lowest BCUT2D eigenvalue weighted by Gasteiger charge is -2.23. The van der Waals surface area contributed by atoms with E-state index in [9.17, 15) is 14.7 Å². The van der Waals surface area contributed by atoms with E-state index in [4.69, 9.17) is 0 Å². The monoisotopic (exact) mass is 255 g/mol. The molecule has 0 aromatic heterocycles. The molecule has 1 aliphatic heterocycles. The van der Waals surface area contributed by atoms with Crippen LogP contribution in [0.5, 0.6) is 0 Å². The van der Waals surface area contributed by atoms with Crippen molar-refractivity contribution < 1.29 is 14.7 Å². The Bertz CT molecular complexity index is 303. The Hall–Kier alpha value is -1.06. The lowest BCUT2D eigenvalue weighted by atomic mass is 9.84. The number of unbranched alkanes of at least 4 members (excludes halogenated alkanes) is 3. The SMILES string of the molecule is CCCCCCC(=O)N1CCC(CC)(C(=O)O)C1. The van der Waals surface area contributed by atoms with Gasteiger partial charge in [0.2, 0.25) is 5.91 Å². The molecule has 4 heteroatoms. The molecule has 18 heavy (non-hydrogen) atoms. The van der Waals surface area contributed by atoms with Crippen LogP contribution in [0.4, 0.5) is 0 Å². The highest BCUT2D eigenvalue weighted by Gasteiger charge is 2.44. The Labute approximate surface area is 109 Å². The summed E-state index contributed by atoms with van der Waals surface area (Å²) in [5.74, 6) is -0.631. The van der Waals surface area contributed by atoms with Crippen LogP contribution in [0, 0.1) is 5.41 Å². The molecule has 0 saturated carbocycles. The van der Waals surface area contributed by atoms with Crippen LogP contribution in [0.3, 0.4) is 0 Å². The number of carboxylic acid groups (broad SMARTS) is 1. The molecular formula is C14H25NO3. The number of aliphatic carboxylic acids is 1. The molecule has 0 aromatic carbocycles. The molecule has 0 aromatic rings. The average Bonchev–Trinajstić information content (AvgIpc) is 2.80. The number of hydrogen-bond acceptors (Lipinski definition) is 2. The van der Waals surface area contributed by atoms with Gasteiger partial charge in [-0.1, -0.05) is 33.1 Å². The van der Waals surface area contributed by atoms with Crippen LogP contribution in [0.2, 0.25) is 0 Å². The smallest absolute Gasteiger partial charge is 0.311 e. The number of amides is 1. The molecule has 0 bridgehead atoms. The van der Waals surface area contributed by atoms with Crippen LogP contribution in [0.1, 0.15) is 58.8 Å². The number of carbonyl (C=O) groups excluding carboxylic acids is 1. The van der Waals surface area contributed by atoms with Gasteiger partial charge >= 0.3 is 5.97 Å². The molecule has 1 fully saturated rings. The first-order valence-corrected chi connectivity index (χ1v) is 7.07. The maximum absolute atomic E-state index is 12.0. The predicted octanol–water partition coefficient (Wildman–Crippen LogP) is 2.67. The Balaban J connectivity index is 2.41. The minimum absolute atomic E-state index is 0.127. The lowest BCUT2D eigenvalue weighted by Crippen LogP contribution is -2.36. The van der Waals surface area contributed by atoms with Crippen LogP contribution in [-0.2, 0) is 9.59 Å². The average molecular weight is 255 g/mol. The van der Waals surface area contributed by atoms with E-state index < -0.39 is 11.4 Å². The van der Waals surface area contributed by atoms with Crippen molar-refractivity contribution in [2.75, 3.05) is 13.1 Å². The second-order valence-electron chi connectivity index (χ2n) is 5.31. The van der Waals surface area contributed by atoms with Crippen molar-refractivity contribution >= 4 is 11.9 Å². The van der Waals surface area contributed by atoms with Gasteiger partial charge < -0.3 is 10.0 Å². The minimum Gasteiger partial charge on any atom is -0.481 e. The third-order valence-electron chi connectivity index (χ3n) is 4.08. The summed E-state index contributed by atoms with van der Waals surface area (Å²) >= 11 is 0. The van der Waals surface area contributed by atoms with E-state index in [0.717, 1.165) is 19.3 Å². The van der Waals surface area contributed by atoms with Crippen molar-refractivity contribution in [2.45, 2.75) is 58.8 Å². The van der Waals surface area contributed by atoms with Gasteiger partial charge in [0, 0.05) is 19.5 Å². The molecule has 1 unspecified atom stereocenters. The number of rotatable bonds is 7. The van der Waals surface area contributed by atoms with Crippen molar-refractivity contribution in [1.82, 2.24) is 4.90 Å². The highest BCUT2D eigenvalue weighted by Crippen LogP contribution is 2.34. The topological polar surface area (TPSA) is 57.6 Å².